The van der Waals surface area contributed by atoms with Crippen molar-refractivity contribution in [3.05, 3.63) is 66.2 Å². The van der Waals surface area contributed by atoms with Gasteiger partial charge in [0.1, 0.15) is 0 Å². The van der Waals surface area contributed by atoms with E-state index in [0.717, 1.165) is 17.7 Å². The van der Waals surface area contributed by atoms with Crippen LogP contribution < -0.4 is 10.6 Å². The molecular formula is C17H12F3N3O2. The molecule has 0 saturated heterocycles. The number of benzene rings is 2. The van der Waals surface area contributed by atoms with Gasteiger partial charge in [-0.1, -0.05) is 35.5 Å². The molecule has 0 atom stereocenters. The predicted octanol–water partition coefficient (Wildman–Crippen LogP) is 5.00. The molecule has 0 spiro atoms. The van der Waals surface area contributed by atoms with Crippen LogP contribution in [0.5, 0.6) is 0 Å². The molecule has 5 nitrogen and oxygen atoms in total. The van der Waals surface area contributed by atoms with Crippen molar-refractivity contribution in [2.75, 3.05) is 10.6 Å². The molecule has 0 radical (unpaired) electrons. The lowest BCUT2D eigenvalue weighted by atomic mass is 10.2. The van der Waals surface area contributed by atoms with Gasteiger partial charge in [-0.3, -0.25) is 5.32 Å². The first-order valence-electron chi connectivity index (χ1n) is 7.19. The van der Waals surface area contributed by atoms with E-state index >= 15 is 0 Å². The summed E-state index contributed by atoms with van der Waals surface area (Å²) in [6.45, 7) is 0. The third-order valence-corrected chi connectivity index (χ3v) is 3.28. The van der Waals surface area contributed by atoms with Crippen molar-refractivity contribution in [1.29, 1.82) is 0 Å². The van der Waals surface area contributed by atoms with Gasteiger partial charge in [-0.2, -0.15) is 13.2 Å². The van der Waals surface area contributed by atoms with Crippen molar-refractivity contribution < 1.29 is 22.5 Å². The van der Waals surface area contributed by atoms with Gasteiger partial charge in [0.15, 0.2) is 11.6 Å². The summed E-state index contributed by atoms with van der Waals surface area (Å²) < 4.78 is 42.6. The number of hydrogen-bond acceptors (Lipinski definition) is 3. The Morgan fingerprint density at radius 1 is 0.960 bits per heavy atom. The molecule has 0 aliphatic heterocycles. The molecule has 1 aromatic heterocycles. The molecule has 0 aliphatic rings. The SMILES string of the molecule is O=C(Nc1ccc(C(F)(F)F)cc1)Nc1cc(-c2ccccc2)on1. The third kappa shape index (κ3) is 4.17. The summed E-state index contributed by atoms with van der Waals surface area (Å²) in [4.78, 5) is 11.9. The summed E-state index contributed by atoms with van der Waals surface area (Å²) >= 11 is 0. The number of halogens is 3. The van der Waals surface area contributed by atoms with E-state index in [0.29, 0.717) is 5.76 Å². The Kier molecular flexibility index (Phi) is 4.42. The Hall–Kier alpha value is -3.29. The number of hydrogen-bond donors (Lipinski definition) is 2. The first kappa shape index (κ1) is 16.6. The van der Waals surface area contributed by atoms with Crippen molar-refractivity contribution in [2.24, 2.45) is 0 Å². The molecule has 0 fully saturated rings. The van der Waals surface area contributed by atoms with Crippen LogP contribution in [0.15, 0.2) is 65.2 Å². The summed E-state index contributed by atoms with van der Waals surface area (Å²) in [5, 5.41) is 8.59. The summed E-state index contributed by atoms with van der Waals surface area (Å²) in [6, 6.07) is 14.2. The van der Waals surface area contributed by atoms with E-state index in [1.165, 1.54) is 12.1 Å². The summed E-state index contributed by atoms with van der Waals surface area (Å²) in [6.07, 6.45) is -4.42. The summed E-state index contributed by atoms with van der Waals surface area (Å²) in [5.41, 5.74) is 0.228. The van der Waals surface area contributed by atoms with Crippen LogP contribution in [0.25, 0.3) is 11.3 Å². The average Bonchev–Trinajstić information content (AvgIpc) is 3.03. The van der Waals surface area contributed by atoms with E-state index in [-0.39, 0.29) is 11.5 Å². The largest absolute Gasteiger partial charge is 0.416 e. The second-order valence-corrected chi connectivity index (χ2v) is 5.10. The van der Waals surface area contributed by atoms with E-state index in [9.17, 15) is 18.0 Å². The number of nitrogens with zero attached hydrogens (tertiary/aromatic N) is 1. The molecule has 128 valence electrons. The van der Waals surface area contributed by atoms with Gasteiger partial charge in [0, 0.05) is 17.3 Å². The summed E-state index contributed by atoms with van der Waals surface area (Å²) in [5.74, 6) is 0.661. The lowest BCUT2D eigenvalue weighted by Crippen LogP contribution is -2.19. The van der Waals surface area contributed by atoms with Crippen LogP contribution in [-0.4, -0.2) is 11.2 Å². The Bertz CT molecular complexity index is 859. The molecule has 0 bridgehead atoms. The van der Waals surface area contributed by atoms with Gasteiger partial charge < -0.3 is 9.84 Å². The first-order chi connectivity index (χ1) is 11.9. The number of urea groups is 1. The zero-order valence-corrected chi connectivity index (χ0v) is 12.7. The zero-order chi connectivity index (χ0) is 17.9. The molecule has 2 aromatic carbocycles. The van der Waals surface area contributed by atoms with E-state index in [4.69, 9.17) is 4.52 Å². The molecule has 0 unspecified atom stereocenters. The lowest BCUT2D eigenvalue weighted by molar-refractivity contribution is -0.137. The Labute approximate surface area is 140 Å². The fourth-order valence-corrected chi connectivity index (χ4v) is 2.09. The quantitative estimate of drug-likeness (QED) is 0.700. The van der Waals surface area contributed by atoms with E-state index in [2.05, 4.69) is 15.8 Å². The van der Waals surface area contributed by atoms with Crippen molar-refractivity contribution in [3.63, 3.8) is 0 Å². The minimum atomic E-state index is -4.42. The molecule has 1 heterocycles. The molecule has 25 heavy (non-hydrogen) atoms. The van der Waals surface area contributed by atoms with Crippen LogP contribution in [-0.2, 0) is 6.18 Å². The van der Waals surface area contributed by atoms with Crippen LogP contribution in [0.2, 0.25) is 0 Å². The van der Waals surface area contributed by atoms with E-state index in [1.54, 1.807) is 6.07 Å². The molecule has 0 saturated carbocycles. The standard InChI is InChI=1S/C17H12F3N3O2/c18-17(19,20)12-6-8-13(9-7-12)21-16(24)22-15-10-14(25-23-15)11-4-2-1-3-5-11/h1-10H,(H2,21,22,23,24). The van der Waals surface area contributed by atoms with Gasteiger partial charge >= 0.3 is 12.2 Å². The number of alkyl halides is 3. The van der Waals surface area contributed by atoms with Gasteiger partial charge in [0.25, 0.3) is 0 Å². The lowest BCUT2D eigenvalue weighted by Gasteiger charge is -2.08. The fraction of sp³-hybridized carbons (Fsp3) is 0.0588. The zero-order valence-electron chi connectivity index (χ0n) is 12.7. The maximum absolute atomic E-state index is 12.5. The van der Waals surface area contributed by atoms with Crippen LogP contribution in [0, 0.1) is 0 Å². The van der Waals surface area contributed by atoms with Crippen molar-refractivity contribution in [3.8, 4) is 11.3 Å². The highest BCUT2D eigenvalue weighted by molar-refractivity contribution is 5.99. The average molecular weight is 347 g/mol. The Morgan fingerprint density at radius 2 is 1.64 bits per heavy atom. The highest BCUT2D eigenvalue weighted by Crippen LogP contribution is 2.29. The predicted molar refractivity (Wildman–Crippen MR) is 86.0 cm³/mol. The molecule has 2 N–H and O–H groups in total. The van der Waals surface area contributed by atoms with E-state index in [1.807, 2.05) is 30.3 Å². The molecule has 0 aliphatic carbocycles. The van der Waals surface area contributed by atoms with Gasteiger partial charge in [-0.25, -0.2) is 4.79 Å². The third-order valence-electron chi connectivity index (χ3n) is 3.28. The van der Waals surface area contributed by atoms with Gasteiger partial charge in [-0.15, -0.1) is 0 Å². The second-order valence-electron chi connectivity index (χ2n) is 5.10. The number of nitrogens with one attached hydrogen (secondary N) is 2. The second kappa shape index (κ2) is 6.68. The van der Waals surface area contributed by atoms with Crippen LogP contribution in [0.4, 0.5) is 29.5 Å². The Balaban J connectivity index is 1.62. The smallest absolute Gasteiger partial charge is 0.354 e. The van der Waals surface area contributed by atoms with Crippen LogP contribution in [0.3, 0.4) is 0 Å². The van der Waals surface area contributed by atoms with Crippen molar-refractivity contribution >= 4 is 17.5 Å². The van der Waals surface area contributed by atoms with Gasteiger partial charge in [-0.05, 0) is 24.3 Å². The number of anilines is 2. The molecule has 2 amide bonds. The topological polar surface area (TPSA) is 67.2 Å². The minimum Gasteiger partial charge on any atom is -0.354 e. The van der Waals surface area contributed by atoms with Crippen molar-refractivity contribution in [2.45, 2.75) is 6.18 Å². The summed E-state index contributed by atoms with van der Waals surface area (Å²) in [7, 11) is 0. The fourth-order valence-electron chi connectivity index (χ4n) is 2.09. The number of amides is 2. The van der Waals surface area contributed by atoms with E-state index < -0.39 is 17.8 Å². The highest BCUT2D eigenvalue weighted by atomic mass is 19.4. The van der Waals surface area contributed by atoms with Gasteiger partial charge in [0.2, 0.25) is 0 Å². The van der Waals surface area contributed by atoms with Crippen LogP contribution in [0.1, 0.15) is 5.56 Å². The maximum atomic E-state index is 12.5. The van der Waals surface area contributed by atoms with Crippen LogP contribution >= 0.6 is 0 Å². The number of rotatable bonds is 3. The molecule has 3 aromatic rings. The normalized spacial score (nSPS) is 11.2. The monoisotopic (exact) mass is 347 g/mol. The number of carbonyl (C=O) groups is 1. The maximum Gasteiger partial charge on any atom is 0.416 e. The number of carbonyl (C=O) groups excluding carboxylic acids is 1. The molecule has 8 heteroatoms. The molecule has 3 rings (SSSR count). The Morgan fingerprint density at radius 3 is 2.28 bits per heavy atom. The molecular weight excluding hydrogens is 335 g/mol. The number of aromatic nitrogens is 1. The highest BCUT2D eigenvalue weighted by Gasteiger charge is 2.29. The minimum absolute atomic E-state index is 0.184. The van der Waals surface area contributed by atoms with Gasteiger partial charge in [0.05, 0.1) is 5.56 Å². The van der Waals surface area contributed by atoms with Crippen molar-refractivity contribution in [1.82, 2.24) is 5.16 Å². The first-order valence-corrected chi connectivity index (χ1v) is 7.19.